The average Bonchev–Trinajstić information content (AvgIpc) is 2.69. The van der Waals surface area contributed by atoms with Gasteiger partial charge in [0.05, 0.1) is 6.07 Å². The zero-order valence-electron chi connectivity index (χ0n) is 14.3. The topological polar surface area (TPSA) is 70.4 Å². The van der Waals surface area contributed by atoms with Crippen LogP contribution in [0.1, 0.15) is 5.56 Å². The molecular weight excluding hydrogens is 348 g/mol. The van der Waals surface area contributed by atoms with Crippen LogP contribution in [0.2, 0.25) is 0 Å². The Hall–Kier alpha value is -3.04. The smallest absolute Gasteiger partial charge is 0.331 e. The first kappa shape index (κ1) is 19.3. The molecule has 0 aromatic heterocycles. The Kier molecular flexibility index (Phi) is 7.47. The predicted molar refractivity (Wildman–Crippen MR) is 103 cm³/mol. The van der Waals surface area contributed by atoms with Crippen molar-refractivity contribution in [2.24, 2.45) is 0 Å². The quantitative estimate of drug-likeness (QED) is 0.324. The lowest BCUT2D eigenvalue weighted by Crippen LogP contribution is -2.34. The van der Waals surface area contributed by atoms with Crippen LogP contribution in [0, 0.1) is 11.3 Å². The van der Waals surface area contributed by atoms with Crippen LogP contribution in [0.3, 0.4) is 0 Å². The first-order valence-electron chi connectivity index (χ1n) is 7.85. The van der Waals surface area contributed by atoms with E-state index in [-0.39, 0.29) is 6.54 Å². The summed E-state index contributed by atoms with van der Waals surface area (Å²) in [6, 6.07) is 18.4. The van der Waals surface area contributed by atoms with Gasteiger partial charge in [-0.25, -0.2) is 4.79 Å². The summed E-state index contributed by atoms with van der Waals surface area (Å²) in [6.07, 6.45) is 4.89. The average molecular weight is 366 g/mol. The largest absolute Gasteiger partial charge is 0.452 e. The Balaban J connectivity index is 1.91. The van der Waals surface area contributed by atoms with Crippen molar-refractivity contribution in [3.63, 3.8) is 0 Å². The number of rotatable bonds is 7. The Labute approximate surface area is 156 Å². The number of amides is 1. The minimum atomic E-state index is -0.614. The van der Waals surface area contributed by atoms with Crippen molar-refractivity contribution in [1.29, 1.82) is 5.26 Å². The summed E-state index contributed by atoms with van der Waals surface area (Å²) in [6.45, 7) is -0.539. The molecule has 2 aromatic carbocycles. The SMILES string of the molecule is CSc1ccc(/C=C/C(=O)OCC(=O)N(CC#N)c2ccccc2)cc1. The molecule has 0 bridgehead atoms. The number of benzene rings is 2. The second-order valence-electron chi connectivity index (χ2n) is 5.19. The zero-order chi connectivity index (χ0) is 18.8. The Morgan fingerprint density at radius 2 is 1.85 bits per heavy atom. The summed E-state index contributed by atoms with van der Waals surface area (Å²) in [5, 5.41) is 8.91. The third-order valence-electron chi connectivity index (χ3n) is 3.46. The van der Waals surface area contributed by atoms with Gasteiger partial charge in [0.15, 0.2) is 6.61 Å². The molecule has 0 unspecified atom stereocenters. The monoisotopic (exact) mass is 366 g/mol. The molecule has 5 nitrogen and oxygen atoms in total. The highest BCUT2D eigenvalue weighted by Crippen LogP contribution is 2.16. The van der Waals surface area contributed by atoms with E-state index in [4.69, 9.17) is 10.00 Å². The first-order valence-corrected chi connectivity index (χ1v) is 9.08. The fraction of sp³-hybridized carbons (Fsp3) is 0.150. The van der Waals surface area contributed by atoms with Gasteiger partial charge in [0.2, 0.25) is 0 Å². The lowest BCUT2D eigenvalue weighted by atomic mass is 10.2. The number of hydrogen-bond acceptors (Lipinski definition) is 5. The minimum Gasteiger partial charge on any atom is -0.452 e. The van der Waals surface area contributed by atoms with E-state index in [2.05, 4.69) is 0 Å². The second kappa shape index (κ2) is 10.1. The number of ether oxygens (including phenoxy) is 1. The molecule has 0 heterocycles. The molecule has 26 heavy (non-hydrogen) atoms. The van der Waals surface area contributed by atoms with Crippen LogP contribution in [0.5, 0.6) is 0 Å². The number of esters is 1. The van der Waals surface area contributed by atoms with Crippen LogP contribution >= 0.6 is 11.8 Å². The van der Waals surface area contributed by atoms with Crippen molar-refractivity contribution in [1.82, 2.24) is 0 Å². The fourth-order valence-electron chi connectivity index (χ4n) is 2.14. The molecule has 0 aliphatic carbocycles. The molecule has 0 N–H and O–H groups in total. The predicted octanol–water partition coefficient (Wildman–Crippen LogP) is 3.52. The normalized spacial score (nSPS) is 10.3. The maximum Gasteiger partial charge on any atom is 0.331 e. The maximum atomic E-state index is 12.3. The minimum absolute atomic E-state index is 0.113. The third kappa shape index (κ3) is 5.80. The molecular formula is C20H18N2O3S. The molecule has 0 aliphatic rings. The van der Waals surface area contributed by atoms with Crippen molar-refractivity contribution < 1.29 is 14.3 Å². The van der Waals surface area contributed by atoms with E-state index in [0.29, 0.717) is 5.69 Å². The second-order valence-corrected chi connectivity index (χ2v) is 6.07. The van der Waals surface area contributed by atoms with E-state index in [1.165, 1.54) is 11.0 Å². The molecule has 132 valence electrons. The number of hydrogen-bond donors (Lipinski definition) is 0. The van der Waals surface area contributed by atoms with Crippen molar-refractivity contribution >= 4 is 35.4 Å². The summed E-state index contributed by atoms with van der Waals surface area (Å²) in [5.41, 5.74) is 1.45. The molecule has 0 saturated carbocycles. The van der Waals surface area contributed by atoms with Gasteiger partial charge >= 0.3 is 5.97 Å². The van der Waals surface area contributed by atoms with Gasteiger partial charge in [0, 0.05) is 16.7 Å². The van der Waals surface area contributed by atoms with Gasteiger partial charge in [-0.3, -0.25) is 9.69 Å². The number of carbonyl (C=O) groups is 2. The molecule has 6 heteroatoms. The summed E-state index contributed by atoms with van der Waals surface area (Å²) in [5.74, 6) is -1.07. The van der Waals surface area contributed by atoms with Gasteiger partial charge < -0.3 is 4.74 Å². The van der Waals surface area contributed by atoms with Crippen LogP contribution in [-0.2, 0) is 14.3 Å². The molecule has 0 fully saturated rings. The molecule has 0 saturated heterocycles. The molecule has 1 amide bonds. The van der Waals surface area contributed by atoms with E-state index < -0.39 is 18.5 Å². The molecule has 0 spiro atoms. The summed E-state index contributed by atoms with van der Waals surface area (Å²) in [7, 11) is 0. The van der Waals surface area contributed by atoms with Crippen LogP contribution < -0.4 is 4.90 Å². The highest BCUT2D eigenvalue weighted by atomic mass is 32.2. The van der Waals surface area contributed by atoms with Gasteiger partial charge in [0.25, 0.3) is 5.91 Å². The molecule has 0 atom stereocenters. The number of carbonyl (C=O) groups excluding carboxylic acids is 2. The molecule has 2 rings (SSSR count). The van der Waals surface area contributed by atoms with Crippen molar-refractivity contribution in [3.05, 3.63) is 66.2 Å². The highest BCUT2D eigenvalue weighted by molar-refractivity contribution is 7.98. The van der Waals surface area contributed by atoms with Crippen LogP contribution in [0.4, 0.5) is 5.69 Å². The zero-order valence-corrected chi connectivity index (χ0v) is 15.1. The molecule has 0 radical (unpaired) electrons. The molecule has 0 aliphatic heterocycles. The Morgan fingerprint density at radius 3 is 2.46 bits per heavy atom. The van der Waals surface area contributed by atoms with E-state index in [1.807, 2.05) is 42.7 Å². The number of para-hydroxylation sites is 1. The third-order valence-corrected chi connectivity index (χ3v) is 4.21. The van der Waals surface area contributed by atoms with Crippen LogP contribution in [-0.4, -0.2) is 31.3 Å². The van der Waals surface area contributed by atoms with Crippen molar-refractivity contribution in [2.45, 2.75) is 4.90 Å². The highest BCUT2D eigenvalue weighted by Gasteiger charge is 2.16. The van der Waals surface area contributed by atoms with Gasteiger partial charge in [-0.05, 0) is 42.2 Å². The van der Waals surface area contributed by atoms with E-state index in [9.17, 15) is 9.59 Å². The lowest BCUT2D eigenvalue weighted by molar-refractivity contribution is -0.142. The summed E-state index contributed by atoms with van der Waals surface area (Å²) < 4.78 is 4.99. The Morgan fingerprint density at radius 1 is 1.15 bits per heavy atom. The fourth-order valence-corrected chi connectivity index (χ4v) is 2.55. The maximum absolute atomic E-state index is 12.3. The number of thioether (sulfide) groups is 1. The summed E-state index contributed by atoms with van der Waals surface area (Å²) >= 11 is 1.64. The lowest BCUT2D eigenvalue weighted by Gasteiger charge is -2.19. The Bertz CT molecular complexity index is 811. The van der Waals surface area contributed by atoms with E-state index in [0.717, 1.165) is 10.5 Å². The van der Waals surface area contributed by atoms with Crippen molar-refractivity contribution in [3.8, 4) is 6.07 Å². The van der Waals surface area contributed by atoms with Gasteiger partial charge in [0.1, 0.15) is 6.54 Å². The van der Waals surface area contributed by atoms with Crippen LogP contribution in [0.25, 0.3) is 6.08 Å². The standard InChI is InChI=1S/C20H18N2O3S/c1-26-18-10-7-16(8-11-18)9-12-20(24)25-15-19(23)22(14-13-21)17-5-3-2-4-6-17/h2-12H,14-15H2,1H3/b12-9+. The van der Waals surface area contributed by atoms with Gasteiger partial charge in [-0.2, -0.15) is 5.26 Å². The van der Waals surface area contributed by atoms with Gasteiger partial charge in [-0.1, -0.05) is 30.3 Å². The van der Waals surface area contributed by atoms with Crippen LogP contribution in [0.15, 0.2) is 65.6 Å². The number of nitrogens with zero attached hydrogens (tertiary/aromatic N) is 2. The molecule has 2 aromatic rings. The first-order chi connectivity index (χ1) is 12.6. The summed E-state index contributed by atoms with van der Waals surface area (Å²) in [4.78, 5) is 26.5. The van der Waals surface area contributed by atoms with E-state index in [1.54, 1.807) is 42.1 Å². The van der Waals surface area contributed by atoms with E-state index >= 15 is 0 Å². The van der Waals surface area contributed by atoms with Gasteiger partial charge in [-0.15, -0.1) is 11.8 Å². The number of anilines is 1. The van der Waals surface area contributed by atoms with Crippen molar-refractivity contribution in [2.75, 3.05) is 24.3 Å². The number of nitriles is 1.